The lowest BCUT2D eigenvalue weighted by molar-refractivity contribution is 0.0695. The second-order valence-corrected chi connectivity index (χ2v) is 6.45. The van der Waals surface area contributed by atoms with Crippen LogP contribution in [0.5, 0.6) is 5.75 Å². The molecule has 0 aliphatic carbocycles. The highest BCUT2D eigenvalue weighted by Crippen LogP contribution is 2.30. The summed E-state index contributed by atoms with van der Waals surface area (Å²) in [5.41, 5.74) is 2.55. The van der Waals surface area contributed by atoms with Gasteiger partial charge in [0.1, 0.15) is 5.75 Å². The molecule has 0 aliphatic rings. The van der Waals surface area contributed by atoms with Crippen LogP contribution in [-0.2, 0) is 5.75 Å². The number of methoxy groups -OCH3 is 1. The maximum atomic E-state index is 11.1. The Kier molecular flexibility index (Phi) is 5.31. The molecule has 0 amide bonds. The molecule has 0 fully saturated rings. The number of thioether (sulfide) groups is 1. The molecular weight excluding hydrogens is 352 g/mol. The Morgan fingerprint density at radius 3 is 2.71 bits per heavy atom. The van der Waals surface area contributed by atoms with E-state index in [1.165, 1.54) is 5.56 Å². The van der Waals surface area contributed by atoms with Crippen LogP contribution in [0.3, 0.4) is 0 Å². The van der Waals surface area contributed by atoms with Crippen LogP contribution in [0, 0.1) is 6.92 Å². The van der Waals surface area contributed by atoms with Crippen molar-refractivity contribution in [2.24, 2.45) is 0 Å². The van der Waals surface area contributed by atoms with Crippen molar-refractivity contribution in [3.8, 4) is 5.75 Å². The molecule has 0 spiro atoms. The zero-order valence-corrected chi connectivity index (χ0v) is 14.1. The van der Waals surface area contributed by atoms with Gasteiger partial charge >= 0.3 is 5.97 Å². The first kappa shape index (κ1) is 15.9. The summed E-state index contributed by atoms with van der Waals surface area (Å²) in [6.45, 7) is 2.04. The number of halogens is 1. The summed E-state index contributed by atoms with van der Waals surface area (Å²) in [7, 11) is 1.65. The average Bonchev–Trinajstić information content (AvgIpc) is 2.46. The average molecular weight is 367 g/mol. The van der Waals surface area contributed by atoms with Crippen molar-refractivity contribution in [1.29, 1.82) is 0 Å². The van der Waals surface area contributed by atoms with E-state index >= 15 is 0 Å². The molecule has 1 N–H and O–H groups in total. The number of rotatable bonds is 5. The second kappa shape index (κ2) is 7.00. The number of hydrogen-bond acceptors (Lipinski definition) is 3. The molecule has 3 nitrogen and oxygen atoms in total. The minimum Gasteiger partial charge on any atom is -0.496 e. The highest BCUT2D eigenvalue weighted by molar-refractivity contribution is 9.10. The van der Waals surface area contributed by atoms with Crippen LogP contribution in [0.15, 0.2) is 45.8 Å². The van der Waals surface area contributed by atoms with Crippen molar-refractivity contribution in [2.75, 3.05) is 7.11 Å². The number of aromatic carboxylic acids is 1. The first-order valence-corrected chi connectivity index (χ1v) is 8.08. The number of aryl methyl sites for hydroxylation is 1. The highest BCUT2D eigenvalue weighted by atomic mass is 79.9. The Morgan fingerprint density at radius 1 is 1.29 bits per heavy atom. The fourth-order valence-corrected chi connectivity index (χ4v) is 3.27. The molecule has 0 saturated heterocycles. The molecule has 0 aromatic heterocycles. The summed E-state index contributed by atoms with van der Waals surface area (Å²) in [6, 6.07) is 11.4. The number of benzene rings is 2. The van der Waals surface area contributed by atoms with Crippen molar-refractivity contribution in [2.45, 2.75) is 17.6 Å². The highest BCUT2D eigenvalue weighted by Gasteiger charge is 2.10. The quantitative estimate of drug-likeness (QED) is 0.775. The van der Waals surface area contributed by atoms with Gasteiger partial charge in [-0.1, -0.05) is 17.7 Å². The molecule has 0 aliphatic heterocycles. The summed E-state index contributed by atoms with van der Waals surface area (Å²) < 4.78 is 5.95. The van der Waals surface area contributed by atoms with Crippen molar-refractivity contribution in [3.05, 3.63) is 57.6 Å². The number of ether oxygens (including phenoxy) is 1. The van der Waals surface area contributed by atoms with Crippen LogP contribution in [-0.4, -0.2) is 18.2 Å². The molecular formula is C16H15BrO3S. The first-order chi connectivity index (χ1) is 10.0. The zero-order valence-electron chi connectivity index (χ0n) is 11.7. The molecule has 0 atom stereocenters. The van der Waals surface area contributed by atoms with Gasteiger partial charge in [0, 0.05) is 20.7 Å². The molecule has 2 rings (SSSR count). The summed E-state index contributed by atoms with van der Waals surface area (Å²) in [4.78, 5) is 12.0. The Morgan fingerprint density at radius 2 is 2.05 bits per heavy atom. The van der Waals surface area contributed by atoms with Crippen LogP contribution in [0.25, 0.3) is 0 Å². The van der Waals surface area contributed by atoms with Gasteiger partial charge in [0.2, 0.25) is 0 Å². The standard InChI is InChI=1S/C16H15BrO3S/c1-10-3-6-15(20-2)11(7-10)9-21-12-4-5-14(17)13(8-12)16(18)19/h3-8H,9H2,1-2H3,(H,18,19). The van der Waals surface area contributed by atoms with Crippen LogP contribution in [0.2, 0.25) is 0 Å². The van der Waals surface area contributed by atoms with E-state index in [1.807, 2.05) is 25.1 Å². The fraction of sp³-hybridized carbons (Fsp3) is 0.188. The van der Waals surface area contributed by atoms with E-state index in [0.717, 1.165) is 22.0 Å². The minimum atomic E-state index is -0.933. The maximum Gasteiger partial charge on any atom is 0.336 e. The van der Waals surface area contributed by atoms with Crippen molar-refractivity contribution in [3.63, 3.8) is 0 Å². The molecule has 0 radical (unpaired) electrons. The molecule has 2 aromatic rings. The molecule has 2 aromatic carbocycles. The van der Waals surface area contributed by atoms with Gasteiger partial charge in [-0.3, -0.25) is 0 Å². The van der Waals surface area contributed by atoms with Crippen molar-refractivity contribution >= 4 is 33.7 Å². The lowest BCUT2D eigenvalue weighted by Gasteiger charge is -2.10. The fourth-order valence-electron chi connectivity index (χ4n) is 1.94. The molecule has 21 heavy (non-hydrogen) atoms. The number of carbonyl (C=O) groups is 1. The molecule has 5 heteroatoms. The predicted molar refractivity (Wildman–Crippen MR) is 88.4 cm³/mol. The van der Waals surface area contributed by atoms with Gasteiger partial charge in [0.25, 0.3) is 0 Å². The summed E-state index contributed by atoms with van der Waals surface area (Å²) >= 11 is 4.84. The summed E-state index contributed by atoms with van der Waals surface area (Å²) in [5.74, 6) is 0.645. The van der Waals surface area contributed by atoms with E-state index in [-0.39, 0.29) is 5.56 Å². The Hall–Kier alpha value is -1.46. The van der Waals surface area contributed by atoms with Gasteiger partial charge in [-0.2, -0.15) is 0 Å². The first-order valence-electron chi connectivity index (χ1n) is 6.30. The smallest absolute Gasteiger partial charge is 0.336 e. The molecule has 0 bridgehead atoms. The lowest BCUT2D eigenvalue weighted by atomic mass is 10.1. The monoisotopic (exact) mass is 366 g/mol. The minimum absolute atomic E-state index is 0.274. The number of carboxylic acid groups (broad SMARTS) is 1. The SMILES string of the molecule is COc1ccc(C)cc1CSc1ccc(Br)c(C(=O)O)c1. The van der Waals surface area contributed by atoms with Gasteiger partial charge in [0.05, 0.1) is 12.7 Å². The Bertz CT molecular complexity index is 671. The molecule has 0 saturated carbocycles. The molecule has 0 heterocycles. The van der Waals surface area contributed by atoms with Gasteiger partial charge in [-0.25, -0.2) is 4.79 Å². The van der Waals surface area contributed by atoms with E-state index in [2.05, 4.69) is 22.0 Å². The van der Waals surface area contributed by atoms with E-state index in [9.17, 15) is 4.79 Å². The van der Waals surface area contributed by atoms with Crippen molar-refractivity contribution in [1.82, 2.24) is 0 Å². The molecule has 110 valence electrons. The van der Waals surface area contributed by atoms with Crippen LogP contribution >= 0.6 is 27.7 Å². The van der Waals surface area contributed by atoms with Crippen LogP contribution in [0.1, 0.15) is 21.5 Å². The Labute approximate surface area is 136 Å². The Balaban J connectivity index is 2.19. The van der Waals surface area contributed by atoms with E-state index in [1.54, 1.807) is 31.0 Å². The third-order valence-electron chi connectivity index (χ3n) is 3.00. The summed E-state index contributed by atoms with van der Waals surface area (Å²) in [6.07, 6.45) is 0. The van der Waals surface area contributed by atoms with Gasteiger partial charge in [-0.15, -0.1) is 11.8 Å². The largest absolute Gasteiger partial charge is 0.496 e. The van der Waals surface area contributed by atoms with Gasteiger partial charge in [0.15, 0.2) is 0 Å². The van der Waals surface area contributed by atoms with Crippen LogP contribution in [0.4, 0.5) is 0 Å². The third kappa shape index (κ3) is 4.02. The van der Waals surface area contributed by atoms with E-state index < -0.39 is 5.97 Å². The third-order valence-corrected chi connectivity index (χ3v) is 4.73. The predicted octanol–water partition coefficient (Wildman–Crippen LogP) is 4.76. The maximum absolute atomic E-state index is 11.1. The van der Waals surface area contributed by atoms with Crippen LogP contribution < -0.4 is 4.74 Å². The van der Waals surface area contributed by atoms with E-state index in [4.69, 9.17) is 9.84 Å². The lowest BCUT2D eigenvalue weighted by Crippen LogP contribution is -1.97. The number of carboxylic acids is 1. The molecule has 0 unspecified atom stereocenters. The van der Waals surface area contributed by atoms with E-state index in [0.29, 0.717) is 4.47 Å². The zero-order chi connectivity index (χ0) is 15.4. The second-order valence-electron chi connectivity index (χ2n) is 4.55. The normalized spacial score (nSPS) is 10.4. The van der Waals surface area contributed by atoms with Crippen molar-refractivity contribution < 1.29 is 14.6 Å². The number of hydrogen-bond donors (Lipinski definition) is 1. The van der Waals surface area contributed by atoms with Gasteiger partial charge in [-0.05, 0) is 47.1 Å². The van der Waals surface area contributed by atoms with Gasteiger partial charge < -0.3 is 9.84 Å². The summed E-state index contributed by atoms with van der Waals surface area (Å²) in [5, 5.41) is 9.13. The topological polar surface area (TPSA) is 46.5 Å².